The van der Waals surface area contributed by atoms with E-state index >= 15 is 0 Å². The Bertz CT molecular complexity index is 906. The summed E-state index contributed by atoms with van der Waals surface area (Å²) in [6.45, 7) is 3.07. The van der Waals surface area contributed by atoms with Gasteiger partial charge in [-0.2, -0.15) is 0 Å². The standard InChI is InChI=1S/C20H22FN3O3S/c1-13-5-7-17(21)19(10-13)23-9-3-4-14(12-23)22-20(25)16-11-15(28-2)6-8-18(16)24(26)27/h5-8,10-11,14H,3-4,9,12H2,1-2H3,(H,22,25). The van der Waals surface area contributed by atoms with Crippen molar-refractivity contribution in [3.63, 3.8) is 0 Å². The summed E-state index contributed by atoms with van der Waals surface area (Å²) < 4.78 is 14.2. The lowest BCUT2D eigenvalue weighted by Crippen LogP contribution is -2.48. The number of nitrogens with one attached hydrogen (secondary N) is 1. The first-order valence-electron chi connectivity index (χ1n) is 9.03. The first kappa shape index (κ1) is 20.1. The van der Waals surface area contributed by atoms with Gasteiger partial charge in [0.1, 0.15) is 11.4 Å². The van der Waals surface area contributed by atoms with Crippen molar-refractivity contribution in [3.8, 4) is 0 Å². The first-order valence-corrected chi connectivity index (χ1v) is 10.3. The van der Waals surface area contributed by atoms with Gasteiger partial charge in [-0.15, -0.1) is 11.8 Å². The number of halogens is 1. The summed E-state index contributed by atoms with van der Waals surface area (Å²) >= 11 is 1.41. The average molecular weight is 403 g/mol. The molecule has 1 amide bonds. The van der Waals surface area contributed by atoms with Crippen molar-refractivity contribution in [1.82, 2.24) is 5.32 Å². The van der Waals surface area contributed by atoms with Gasteiger partial charge in [-0.3, -0.25) is 14.9 Å². The molecule has 0 aliphatic carbocycles. The summed E-state index contributed by atoms with van der Waals surface area (Å²) in [5.41, 5.74) is 1.32. The normalized spacial score (nSPS) is 16.7. The molecule has 1 aliphatic heterocycles. The number of nitro groups is 1. The van der Waals surface area contributed by atoms with Crippen LogP contribution in [0.15, 0.2) is 41.3 Å². The number of hydrogen-bond donors (Lipinski definition) is 1. The van der Waals surface area contributed by atoms with Crippen LogP contribution in [-0.4, -0.2) is 36.2 Å². The Kier molecular flexibility index (Phi) is 6.18. The zero-order valence-electron chi connectivity index (χ0n) is 15.8. The Hall–Kier alpha value is -2.61. The molecule has 8 heteroatoms. The number of piperidine rings is 1. The Morgan fingerprint density at radius 1 is 1.32 bits per heavy atom. The molecule has 1 heterocycles. The number of amides is 1. The molecule has 0 radical (unpaired) electrons. The monoisotopic (exact) mass is 403 g/mol. The molecule has 2 aromatic carbocycles. The van der Waals surface area contributed by atoms with Crippen molar-refractivity contribution < 1.29 is 14.1 Å². The highest BCUT2D eigenvalue weighted by atomic mass is 32.2. The van der Waals surface area contributed by atoms with Crippen molar-refractivity contribution in [3.05, 3.63) is 63.5 Å². The van der Waals surface area contributed by atoms with Crippen LogP contribution in [0.3, 0.4) is 0 Å². The van der Waals surface area contributed by atoms with Crippen LogP contribution in [0.5, 0.6) is 0 Å². The second kappa shape index (κ2) is 8.60. The maximum absolute atomic E-state index is 14.2. The Labute approximate surface area is 167 Å². The Balaban J connectivity index is 1.77. The Morgan fingerprint density at radius 2 is 2.11 bits per heavy atom. The van der Waals surface area contributed by atoms with Crippen molar-refractivity contribution in [2.24, 2.45) is 0 Å². The molecule has 3 rings (SSSR count). The number of rotatable bonds is 5. The molecule has 28 heavy (non-hydrogen) atoms. The number of nitrogens with zero attached hydrogens (tertiary/aromatic N) is 2. The SMILES string of the molecule is CSc1ccc([N+](=O)[O-])c(C(=O)NC2CCCN(c3cc(C)ccc3F)C2)c1. The maximum atomic E-state index is 14.2. The third-order valence-electron chi connectivity index (χ3n) is 4.84. The molecule has 0 bridgehead atoms. The third kappa shape index (κ3) is 4.44. The molecule has 1 atom stereocenters. The molecular weight excluding hydrogens is 381 g/mol. The van der Waals surface area contributed by atoms with Crippen LogP contribution in [-0.2, 0) is 0 Å². The molecular formula is C20H22FN3O3S. The van der Waals surface area contributed by atoms with Gasteiger partial charge in [0, 0.05) is 30.1 Å². The lowest BCUT2D eigenvalue weighted by Gasteiger charge is -2.35. The number of thioether (sulfide) groups is 1. The van der Waals surface area contributed by atoms with Gasteiger partial charge in [-0.25, -0.2) is 4.39 Å². The van der Waals surface area contributed by atoms with Crippen LogP contribution in [0.2, 0.25) is 0 Å². The summed E-state index contributed by atoms with van der Waals surface area (Å²) in [4.78, 5) is 26.2. The van der Waals surface area contributed by atoms with E-state index < -0.39 is 10.8 Å². The topological polar surface area (TPSA) is 75.5 Å². The number of benzene rings is 2. The number of nitro benzene ring substituents is 1. The molecule has 0 saturated carbocycles. The summed E-state index contributed by atoms with van der Waals surface area (Å²) in [7, 11) is 0. The third-order valence-corrected chi connectivity index (χ3v) is 5.57. The molecule has 2 aromatic rings. The molecule has 1 aliphatic rings. The number of anilines is 1. The molecule has 1 fully saturated rings. The van der Waals surface area contributed by atoms with Crippen molar-refractivity contribution in [2.45, 2.75) is 30.7 Å². The van der Waals surface area contributed by atoms with E-state index in [2.05, 4.69) is 5.32 Å². The van der Waals surface area contributed by atoms with Crippen LogP contribution in [0, 0.1) is 22.9 Å². The van der Waals surface area contributed by atoms with Crippen LogP contribution in [0.25, 0.3) is 0 Å². The van der Waals surface area contributed by atoms with E-state index in [9.17, 15) is 19.3 Å². The molecule has 1 unspecified atom stereocenters. The van der Waals surface area contributed by atoms with E-state index in [-0.39, 0.29) is 23.1 Å². The number of carbonyl (C=O) groups is 1. The minimum absolute atomic E-state index is 0.0516. The molecule has 0 spiro atoms. The van der Waals surface area contributed by atoms with Gasteiger partial charge >= 0.3 is 0 Å². The fraction of sp³-hybridized carbons (Fsp3) is 0.350. The van der Waals surface area contributed by atoms with E-state index in [0.29, 0.717) is 18.8 Å². The maximum Gasteiger partial charge on any atom is 0.282 e. The van der Waals surface area contributed by atoms with Crippen LogP contribution >= 0.6 is 11.8 Å². The molecule has 148 valence electrons. The van der Waals surface area contributed by atoms with Gasteiger partial charge < -0.3 is 10.2 Å². The fourth-order valence-corrected chi connectivity index (χ4v) is 3.86. The quantitative estimate of drug-likeness (QED) is 0.461. The van der Waals surface area contributed by atoms with E-state index in [1.165, 1.54) is 23.9 Å². The average Bonchev–Trinajstić information content (AvgIpc) is 2.69. The van der Waals surface area contributed by atoms with Crippen LogP contribution in [0.1, 0.15) is 28.8 Å². The number of aryl methyl sites for hydroxylation is 1. The minimum atomic E-state index is -0.547. The minimum Gasteiger partial charge on any atom is -0.367 e. The second-order valence-electron chi connectivity index (χ2n) is 6.85. The van der Waals surface area contributed by atoms with Crippen molar-refractivity contribution in [1.29, 1.82) is 0 Å². The van der Waals surface area contributed by atoms with Gasteiger partial charge in [0.05, 0.1) is 10.6 Å². The summed E-state index contributed by atoms with van der Waals surface area (Å²) in [6, 6.07) is 9.28. The van der Waals surface area contributed by atoms with Gasteiger partial charge in [-0.05, 0) is 55.9 Å². The van der Waals surface area contributed by atoms with Gasteiger partial charge in [0.15, 0.2) is 0 Å². The smallest absolute Gasteiger partial charge is 0.282 e. The van der Waals surface area contributed by atoms with Crippen molar-refractivity contribution in [2.75, 3.05) is 24.2 Å². The lowest BCUT2D eigenvalue weighted by atomic mass is 10.0. The van der Waals surface area contributed by atoms with Gasteiger partial charge in [0.25, 0.3) is 11.6 Å². The fourth-order valence-electron chi connectivity index (χ4n) is 3.43. The van der Waals surface area contributed by atoms with E-state index in [4.69, 9.17) is 0 Å². The Morgan fingerprint density at radius 3 is 2.82 bits per heavy atom. The largest absolute Gasteiger partial charge is 0.367 e. The molecule has 1 N–H and O–H groups in total. The van der Waals surface area contributed by atoms with E-state index in [1.54, 1.807) is 24.3 Å². The zero-order chi connectivity index (χ0) is 20.3. The summed E-state index contributed by atoms with van der Waals surface area (Å²) in [6.07, 6.45) is 3.38. The van der Waals surface area contributed by atoms with Gasteiger partial charge in [-0.1, -0.05) is 6.07 Å². The highest BCUT2D eigenvalue weighted by molar-refractivity contribution is 7.98. The highest BCUT2D eigenvalue weighted by Gasteiger charge is 2.27. The summed E-state index contributed by atoms with van der Waals surface area (Å²) in [5.74, 6) is -0.764. The lowest BCUT2D eigenvalue weighted by molar-refractivity contribution is -0.385. The predicted molar refractivity (Wildman–Crippen MR) is 109 cm³/mol. The predicted octanol–water partition coefficient (Wildman–Crippen LogP) is 4.16. The van der Waals surface area contributed by atoms with Gasteiger partial charge in [0.2, 0.25) is 0 Å². The zero-order valence-corrected chi connectivity index (χ0v) is 16.6. The number of hydrogen-bond acceptors (Lipinski definition) is 5. The second-order valence-corrected chi connectivity index (χ2v) is 7.73. The molecule has 6 nitrogen and oxygen atoms in total. The molecule has 1 saturated heterocycles. The summed E-state index contributed by atoms with van der Waals surface area (Å²) in [5, 5.41) is 14.2. The van der Waals surface area contributed by atoms with E-state index in [1.807, 2.05) is 18.1 Å². The van der Waals surface area contributed by atoms with Crippen molar-refractivity contribution >= 4 is 29.0 Å². The van der Waals surface area contributed by atoms with Crippen LogP contribution < -0.4 is 10.2 Å². The molecule has 0 aromatic heterocycles. The van der Waals surface area contributed by atoms with E-state index in [0.717, 1.165) is 23.3 Å². The first-order chi connectivity index (χ1) is 13.4. The van der Waals surface area contributed by atoms with Crippen LogP contribution in [0.4, 0.5) is 15.8 Å². The highest BCUT2D eigenvalue weighted by Crippen LogP contribution is 2.27. The number of carbonyl (C=O) groups excluding carboxylic acids is 1.